The number of nitrogens with zero attached hydrogens (tertiary/aromatic N) is 1. The molecule has 0 radical (unpaired) electrons. The number of ether oxygens (including phenoxy) is 1. The van der Waals surface area contributed by atoms with E-state index in [-0.39, 0.29) is 11.5 Å². The zero-order valence-electron chi connectivity index (χ0n) is 15.9. The third-order valence-corrected chi connectivity index (χ3v) is 5.34. The van der Waals surface area contributed by atoms with Gasteiger partial charge in [-0.15, -0.1) is 0 Å². The van der Waals surface area contributed by atoms with Crippen molar-refractivity contribution in [3.63, 3.8) is 0 Å². The Bertz CT molecular complexity index is 895. The van der Waals surface area contributed by atoms with Crippen LogP contribution in [0.25, 0.3) is 0 Å². The van der Waals surface area contributed by atoms with Crippen molar-refractivity contribution in [3.05, 3.63) is 52.3 Å². The fraction of sp³-hybridized carbons (Fsp3) is 0.421. The quantitative estimate of drug-likeness (QED) is 0.464. The highest BCUT2D eigenvalue weighted by Gasteiger charge is 2.20. The van der Waals surface area contributed by atoms with E-state index in [2.05, 4.69) is 15.9 Å². The molecule has 8 heteroatoms. The maximum Gasteiger partial charge on any atom is 0.418 e. The Balaban J connectivity index is 1.96. The summed E-state index contributed by atoms with van der Waals surface area (Å²) < 4.78 is 37.0. The topological polar surface area (TPSA) is 74.6 Å². The molecule has 0 fully saturated rings. The molecule has 0 aliphatic carbocycles. The largest absolute Gasteiger partial charge is 0.443 e. The van der Waals surface area contributed by atoms with Gasteiger partial charge in [-0.05, 0) is 74.7 Å². The Kier molecular flexibility index (Phi) is 6.88. The number of hydrogen-bond acceptors (Lipinski definition) is 5. The molecule has 0 atom stereocenters. The third-order valence-electron chi connectivity index (χ3n) is 3.58. The van der Waals surface area contributed by atoms with Crippen LogP contribution in [0.4, 0.5) is 4.79 Å². The summed E-state index contributed by atoms with van der Waals surface area (Å²) in [6.07, 6.45) is 2.06. The molecule has 1 aromatic carbocycles. The molecule has 6 nitrogen and oxygen atoms in total. The molecule has 148 valence electrons. The van der Waals surface area contributed by atoms with Crippen LogP contribution in [0.2, 0.25) is 0 Å². The number of carbonyl (C=O) groups is 1. The summed E-state index contributed by atoms with van der Waals surface area (Å²) in [4.78, 5) is 12.4. The minimum absolute atomic E-state index is 0.0212. The van der Waals surface area contributed by atoms with Crippen molar-refractivity contribution < 1.29 is 22.1 Å². The second kappa shape index (κ2) is 8.58. The molecule has 1 heterocycles. The lowest BCUT2D eigenvalue weighted by Crippen LogP contribution is -2.27. The SMILES string of the molecule is Cc1ccc(S(=O)(=O)OCCCc2cc(Br)cn2C(=O)OC(C)(C)C)cc1. The molecule has 0 spiro atoms. The molecule has 1 aromatic heterocycles. The van der Waals surface area contributed by atoms with E-state index in [1.54, 1.807) is 45.2 Å². The van der Waals surface area contributed by atoms with Crippen LogP contribution in [-0.2, 0) is 25.5 Å². The predicted molar refractivity (Wildman–Crippen MR) is 106 cm³/mol. The Hall–Kier alpha value is -1.64. The van der Waals surface area contributed by atoms with E-state index < -0.39 is 21.8 Å². The first-order valence-electron chi connectivity index (χ1n) is 8.54. The van der Waals surface area contributed by atoms with Crippen LogP contribution in [0, 0.1) is 6.92 Å². The minimum atomic E-state index is -3.78. The summed E-state index contributed by atoms with van der Waals surface area (Å²) in [5.74, 6) is 0. The second-order valence-corrected chi connectivity index (χ2v) is 9.72. The molecule has 0 aliphatic heterocycles. The summed E-state index contributed by atoms with van der Waals surface area (Å²) in [7, 11) is -3.78. The lowest BCUT2D eigenvalue weighted by atomic mass is 10.2. The Morgan fingerprint density at radius 2 is 1.81 bits per heavy atom. The van der Waals surface area contributed by atoms with Gasteiger partial charge in [-0.3, -0.25) is 8.75 Å². The van der Waals surface area contributed by atoms with Crippen molar-refractivity contribution in [1.29, 1.82) is 0 Å². The van der Waals surface area contributed by atoms with Gasteiger partial charge in [0.15, 0.2) is 0 Å². The fourth-order valence-corrected chi connectivity index (χ4v) is 3.75. The molecule has 0 saturated carbocycles. The van der Waals surface area contributed by atoms with Crippen molar-refractivity contribution in [2.75, 3.05) is 6.61 Å². The highest BCUT2D eigenvalue weighted by atomic mass is 79.9. The first-order chi connectivity index (χ1) is 12.5. The number of rotatable bonds is 6. The van der Waals surface area contributed by atoms with Crippen molar-refractivity contribution in [3.8, 4) is 0 Å². The number of aryl methyl sites for hydroxylation is 2. The average molecular weight is 458 g/mol. The van der Waals surface area contributed by atoms with Gasteiger partial charge in [-0.2, -0.15) is 8.42 Å². The molecular formula is C19H24BrNO5S. The minimum Gasteiger partial charge on any atom is -0.443 e. The second-order valence-electron chi connectivity index (χ2n) is 7.19. The van der Waals surface area contributed by atoms with Gasteiger partial charge in [0.2, 0.25) is 0 Å². The van der Waals surface area contributed by atoms with E-state index in [1.807, 2.05) is 6.92 Å². The molecule has 2 rings (SSSR count). The lowest BCUT2D eigenvalue weighted by Gasteiger charge is -2.20. The molecule has 2 aromatic rings. The normalized spacial score (nSPS) is 12.2. The summed E-state index contributed by atoms with van der Waals surface area (Å²) in [6, 6.07) is 8.30. The number of halogens is 1. The molecule has 0 amide bonds. The number of carbonyl (C=O) groups excluding carboxylic acids is 1. The Labute approximate surface area is 168 Å². The van der Waals surface area contributed by atoms with E-state index in [1.165, 1.54) is 16.7 Å². The lowest BCUT2D eigenvalue weighted by molar-refractivity contribution is 0.0532. The fourth-order valence-electron chi connectivity index (χ4n) is 2.34. The van der Waals surface area contributed by atoms with Crippen LogP contribution in [0.15, 0.2) is 45.9 Å². The maximum atomic E-state index is 12.3. The number of benzene rings is 1. The smallest absolute Gasteiger partial charge is 0.418 e. The van der Waals surface area contributed by atoms with Crippen LogP contribution in [0.3, 0.4) is 0 Å². The zero-order chi connectivity index (χ0) is 20.2. The van der Waals surface area contributed by atoms with Crippen LogP contribution >= 0.6 is 15.9 Å². The Morgan fingerprint density at radius 1 is 1.19 bits per heavy atom. The number of hydrogen-bond donors (Lipinski definition) is 0. The van der Waals surface area contributed by atoms with Crippen LogP contribution in [0.1, 0.15) is 38.4 Å². The van der Waals surface area contributed by atoms with Crippen molar-refractivity contribution >= 4 is 32.1 Å². The highest BCUT2D eigenvalue weighted by molar-refractivity contribution is 9.10. The average Bonchev–Trinajstić information content (AvgIpc) is 2.91. The molecule has 0 N–H and O–H groups in total. The summed E-state index contributed by atoms with van der Waals surface area (Å²) in [5.41, 5.74) is 1.09. The van der Waals surface area contributed by atoms with E-state index in [9.17, 15) is 13.2 Å². The van der Waals surface area contributed by atoms with Gasteiger partial charge >= 0.3 is 6.09 Å². The van der Waals surface area contributed by atoms with Gasteiger partial charge in [0.25, 0.3) is 10.1 Å². The van der Waals surface area contributed by atoms with Crippen molar-refractivity contribution in [2.45, 2.75) is 51.0 Å². The van der Waals surface area contributed by atoms with Gasteiger partial charge in [0, 0.05) is 16.4 Å². The molecule has 0 aliphatic rings. The third kappa shape index (κ3) is 6.48. The van der Waals surface area contributed by atoms with Gasteiger partial charge < -0.3 is 4.74 Å². The van der Waals surface area contributed by atoms with Crippen LogP contribution < -0.4 is 0 Å². The summed E-state index contributed by atoms with van der Waals surface area (Å²) in [6.45, 7) is 7.30. The molecule has 0 bridgehead atoms. The molecule has 0 unspecified atom stereocenters. The van der Waals surface area contributed by atoms with Gasteiger partial charge in [0.05, 0.1) is 11.5 Å². The molecule has 0 saturated heterocycles. The van der Waals surface area contributed by atoms with E-state index in [4.69, 9.17) is 8.92 Å². The van der Waals surface area contributed by atoms with E-state index in [0.717, 1.165) is 10.0 Å². The van der Waals surface area contributed by atoms with Crippen molar-refractivity contribution in [1.82, 2.24) is 4.57 Å². The monoisotopic (exact) mass is 457 g/mol. The van der Waals surface area contributed by atoms with Gasteiger partial charge in [-0.25, -0.2) is 4.79 Å². The van der Waals surface area contributed by atoms with Gasteiger partial charge in [-0.1, -0.05) is 17.7 Å². The molecule has 27 heavy (non-hydrogen) atoms. The van der Waals surface area contributed by atoms with Gasteiger partial charge in [0.1, 0.15) is 5.60 Å². The molecular weight excluding hydrogens is 434 g/mol. The summed E-state index contributed by atoms with van der Waals surface area (Å²) in [5, 5.41) is 0. The van der Waals surface area contributed by atoms with E-state index >= 15 is 0 Å². The maximum absolute atomic E-state index is 12.3. The summed E-state index contributed by atoms with van der Waals surface area (Å²) >= 11 is 3.35. The predicted octanol–water partition coefficient (Wildman–Crippen LogP) is 4.68. The standard InChI is InChI=1S/C19H24BrNO5S/c1-14-7-9-17(10-8-14)27(23,24)25-11-5-6-16-12-15(20)13-21(16)18(22)26-19(2,3)4/h7-10,12-13H,5-6,11H2,1-4H3. The first-order valence-corrected chi connectivity index (χ1v) is 10.7. The Morgan fingerprint density at radius 3 is 2.41 bits per heavy atom. The van der Waals surface area contributed by atoms with Crippen LogP contribution in [-0.4, -0.2) is 31.3 Å². The van der Waals surface area contributed by atoms with E-state index in [0.29, 0.717) is 18.5 Å². The van der Waals surface area contributed by atoms with Crippen LogP contribution in [0.5, 0.6) is 0 Å². The van der Waals surface area contributed by atoms with Crippen molar-refractivity contribution in [2.24, 2.45) is 0 Å². The highest BCUT2D eigenvalue weighted by Crippen LogP contribution is 2.19. The first kappa shape index (κ1) is 21.7. The number of aromatic nitrogens is 1. The zero-order valence-corrected chi connectivity index (χ0v) is 18.3.